The van der Waals surface area contributed by atoms with Gasteiger partial charge < -0.3 is 10.1 Å². The van der Waals surface area contributed by atoms with Crippen LogP contribution in [0.15, 0.2) is 12.4 Å². The number of hydrogen-bond acceptors (Lipinski definition) is 4. The molecule has 0 spiro atoms. The highest BCUT2D eigenvalue weighted by Gasteiger charge is 2.32. The zero-order chi connectivity index (χ0) is 12.9. The van der Waals surface area contributed by atoms with E-state index in [1.54, 1.807) is 19.5 Å². The minimum absolute atomic E-state index is 0.110. The summed E-state index contributed by atoms with van der Waals surface area (Å²) in [6.45, 7) is 9.64. The first-order valence-corrected chi connectivity index (χ1v) is 6.15. The average molecular weight is 237 g/mol. The van der Waals surface area contributed by atoms with Crippen LogP contribution >= 0.6 is 0 Å². The van der Waals surface area contributed by atoms with Crippen molar-refractivity contribution in [3.05, 3.63) is 18.1 Å². The third kappa shape index (κ3) is 3.16. The van der Waals surface area contributed by atoms with E-state index in [1.807, 2.05) is 0 Å². The molecule has 0 radical (unpaired) electrons. The second-order valence-corrected chi connectivity index (χ2v) is 4.78. The van der Waals surface area contributed by atoms with E-state index in [1.165, 1.54) is 0 Å². The lowest BCUT2D eigenvalue weighted by Crippen LogP contribution is -2.35. The van der Waals surface area contributed by atoms with Crippen molar-refractivity contribution in [2.45, 2.75) is 40.2 Å². The van der Waals surface area contributed by atoms with Crippen LogP contribution in [0.5, 0.6) is 5.88 Å². The zero-order valence-corrected chi connectivity index (χ0v) is 11.4. The van der Waals surface area contributed by atoms with E-state index < -0.39 is 0 Å². The molecule has 0 fully saturated rings. The Morgan fingerprint density at radius 2 is 1.94 bits per heavy atom. The molecule has 1 N–H and O–H groups in total. The Balaban J connectivity index is 3.13. The molecule has 17 heavy (non-hydrogen) atoms. The van der Waals surface area contributed by atoms with Crippen molar-refractivity contribution in [1.29, 1.82) is 0 Å². The van der Waals surface area contributed by atoms with Crippen LogP contribution in [0.4, 0.5) is 0 Å². The smallest absolute Gasteiger partial charge is 0.237 e. The van der Waals surface area contributed by atoms with E-state index in [-0.39, 0.29) is 11.5 Å². The molecule has 0 bridgehead atoms. The Kier molecular flexibility index (Phi) is 4.87. The minimum atomic E-state index is 0.110. The molecule has 0 saturated heterocycles. The molecule has 4 heteroatoms. The van der Waals surface area contributed by atoms with Crippen LogP contribution in [-0.2, 0) is 0 Å². The lowest BCUT2D eigenvalue weighted by atomic mass is 9.80. The lowest BCUT2D eigenvalue weighted by Gasteiger charge is -2.33. The van der Waals surface area contributed by atoms with Gasteiger partial charge in [-0.1, -0.05) is 27.7 Å². The van der Waals surface area contributed by atoms with Gasteiger partial charge in [0.2, 0.25) is 5.88 Å². The van der Waals surface area contributed by atoms with Gasteiger partial charge in [-0.25, -0.2) is 4.98 Å². The maximum atomic E-state index is 5.30. The highest BCUT2D eigenvalue weighted by Crippen LogP contribution is 2.37. The molecule has 1 rings (SSSR count). The summed E-state index contributed by atoms with van der Waals surface area (Å²) in [5, 5.41) is 3.48. The van der Waals surface area contributed by atoms with Crippen LogP contribution in [0, 0.1) is 5.41 Å². The van der Waals surface area contributed by atoms with E-state index >= 15 is 0 Å². The predicted octanol–water partition coefficient (Wildman–Crippen LogP) is 2.57. The van der Waals surface area contributed by atoms with Gasteiger partial charge in [0.25, 0.3) is 0 Å². The van der Waals surface area contributed by atoms with Gasteiger partial charge in [-0.05, 0) is 18.4 Å². The van der Waals surface area contributed by atoms with Crippen molar-refractivity contribution < 1.29 is 4.74 Å². The van der Waals surface area contributed by atoms with Crippen LogP contribution in [0.1, 0.15) is 45.9 Å². The first-order valence-electron chi connectivity index (χ1n) is 6.15. The molecule has 0 aromatic carbocycles. The number of aromatic nitrogens is 2. The third-order valence-electron chi connectivity index (χ3n) is 3.26. The fourth-order valence-corrected chi connectivity index (χ4v) is 1.84. The van der Waals surface area contributed by atoms with Crippen molar-refractivity contribution in [3.8, 4) is 5.88 Å². The van der Waals surface area contributed by atoms with E-state index in [2.05, 4.69) is 43.0 Å². The summed E-state index contributed by atoms with van der Waals surface area (Å²) in [6.07, 6.45) is 4.43. The molecule has 0 aliphatic carbocycles. The van der Waals surface area contributed by atoms with Gasteiger partial charge in [0, 0.05) is 12.4 Å². The molecule has 96 valence electrons. The Hall–Kier alpha value is -1.16. The quantitative estimate of drug-likeness (QED) is 0.826. The average Bonchev–Trinajstić information content (AvgIpc) is 2.35. The minimum Gasteiger partial charge on any atom is -0.480 e. The molecule has 1 heterocycles. The molecule has 1 atom stereocenters. The molecule has 1 unspecified atom stereocenters. The number of methoxy groups -OCH3 is 1. The standard InChI is InChI=1S/C13H23N3O/c1-6-13(3,4)11(14-7-2)10-12(17-5)16-9-8-15-10/h8-9,11,14H,6-7H2,1-5H3. The number of ether oxygens (including phenoxy) is 1. The van der Waals surface area contributed by atoms with E-state index in [9.17, 15) is 0 Å². The maximum Gasteiger partial charge on any atom is 0.237 e. The summed E-state index contributed by atoms with van der Waals surface area (Å²) in [7, 11) is 1.63. The highest BCUT2D eigenvalue weighted by atomic mass is 16.5. The van der Waals surface area contributed by atoms with Crippen molar-refractivity contribution in [2.24, 2.45) is 5.41 Å². The Bertz CT molecular complexity index is 352. The molecule has 0 saturated carbocycles. The first kappa shape index (κ1) is 13.9. The lowest BCUT2D eigenvalue weighted by molar-refractivity contribution is 0.225. The largest absolute Gasteiger partial charge is 0.480 e. The SMILES string of the molecule is CCNC(c1nccnc1OC)C(C)(C)CC. The second kappa shape index (κ2) is 5.96. The molecule has 1 aromatic heterocycles. The zero-order valence-electron chi connectivity index (χ0n) is 11.4. The summed E-state index contributed by atoms with van der Waals surface area (Å²) >= 11 is 0. The van der Waals surface area contributed by atoms with Gasteiger partial charge in [0.15, 0.2) is 0 Å². The first-order chi connectivity index (χ1) is 8.06. The summed E-state index contributed by atoms with van der Waals surface area (Å²) in [6, 6.07) is 0.154. The molecule has 4 nitrogen and oxygen atoms in total. The van der Waals surface area contributed by atoms with Crippen molar-refractivity contribution >= 4 is 0 Å². The van der Waals surface area contributed by atoms with E-state index in [0.717, 1.165) is 18.7 Å². The van der Waals surface area contributed by atoms with E-state index in [0.29, 0.717) is 5.88 Å². The van der Waals surface area contributed by atoms with Crippen LogP contribution in [-0.4, -0.2) is 23.6 Å². The highest BCUT2D eigenvalue weighted by molar-refractivity contribution is 5.23. The topological polar surface area (TPSA) is 47.0 Å². The Morgan fingerprint density at radius 3 is 2.47 bits per heavy atom. The van der Waals surface area contributed by atoms with Crippen LogP contribution in [0.3, 0.4) is 0 Å². The second-order valence-electron chi connectivity index (χ2n) is 4.78. The van der Waals surface area contributed by atoms with Crippen molar-refractivity contribution in [2.75, 3.05) is 13.7 Å². The Labute approximate surface area is 104 Å². The molecule has 0 amide bonds. The van der Waals surface area contributed by atoms with Gasteiger partial charge >= 0.3 is 0 Å². The molecule has 1 aromatic rings. The fourth-order valence-electron chi connectivity index (χ4n) is 1.84. The normalized spacial score (nSPS) is 13.5. The summed E-state index contributed by atoms with van der Waals surface area (Å²) in [5.41, 5.74) is 1.00. The van der Waals surface area contributed by atoms with Gasteiger partial charge in [0.05, 0.1) is 13.2 Å². The molecule has 0 aliphatic heterocycles. The van der Waals surface area contributed by atoms with Gasteiger partial charge in [-0.15, -0.1) is 0 Å². The van der Waals surface area contributed by atoms with E-state index in [4.69, 9.17) is 4.74 Å². The number of rotatable bonds is 6. The van der Waals surface area contributed by atoms with Crippen LogP contribution < -0.4 is 10.1 Å². The monoisotopic (exact) mass is 237 g/mol. The number of nitrogens with one attached hydrogen (secondary N) is 1. The van der Waals surface area contributed by atoms with Crippen LogP contribution in [0.2, 0.25) is 0 Å². The third-order valence-corrected chi connectivity index (χ3v) is 3.26. The predicted molar refractivity (Wildman–Crippen MR) is 69.1 cm³/mol. The molecule has 0 aliphatic rings. The maximum absolute atomic E-state index is 5.30. The Morgan fingerprint density at radius 1 is 1.29 bits per heavy atom. The van der Waals surface area contributed by atoms with Gasteiger partial charge in [0.1, 0.15) is 5.69 Å². The molecular weight excluding hydrogens is 214 g/mol. The van der Waals surface area contributed by atoms with Gasteiger partial charge in [-0.2, -0.15) is 0 Å². The van der Waals surface area contributed by atoms with Crippen LogP contribution in [0.25, 0.3) is 0 Å². The fraction of sp³-hybridized carbons (Fsp3) is 0.692. The van der Waals surface area contributed by atoms with Crippen molar-refractivity contribution in [1.82, 2.24) is 15.3 Å². The summed E-state index contributed by atoms with van der Waals surface area (Å²) in [4.78, 5) is 8.66. The summed E-state index contributed by atoms with van der Waals surface area (Å²) in [5.74, 6) is 0.611. The molecular formula is C13H23N3O. The number of hydrogen-bond donors (Lipinski definition) is 1. The van der Waals surface area contributed by atoms with Gasteiger partial charge in [-0.3, -0.25) is 4.98 Å². The van der Waals surface area contributed by atoms with Crippen molar-refractivity contribution in [3.63, 3.8) is 0 Å². The number of nitrogens with zero attached hydrogens (tertiary/aromatic N) is 2. The summed E-state index contributed by atoms with van der Waals surface area (Å²) < 4.78 is 5.30.